The van der Waals surface area contributed by atoms with Crippen LogP contribution < -0.4 is 15.4 Å². The molecule has 172 valence electrons. The lowest BCUT2D eigenvalue weighted by molar-refractivity contribution is -0.118. The average Bonchev–Trinajstić information content (AvgIpc) is 2.79. The Morgan fingerprint density at radius 1 is 1.03 bits per heavy atom. The van der Waals surface area contributed by atoms with Gasteiger partial charge in [-0.05, 0) is 42.0 Å². The number of amides is 2. The van der Waals surface area contributed by atoms with Gasteiger partial charge in [0, 0.05) is 28.7 Å². The molecule has 10 heteroatoms. The molecule has 7 nitrogen and oxygen atoms in total. The second-order valence-electron chi connectivity index (χ2n) is 7.01. The van der Waals surface area contributed by atoms with Gasteiger partial charge in [-0.15, -0.1) is 0 Å². The first-order valence-corrected chi connectivity index (χ1v) is 12.0. The van der Waals surface area contributed by atoms with Gasteiger partial charge in [0.2, 0.25) is 5.91 Å². The van der Waals surface area contributed by atoms with E-state index >= 15 is 0 Å². The number of anilines is 1. The third kappa shape index (κ3) is 6.53. The van der Waals surface area contributed by atoms with Crippen molar-refractivity contribution >= 4 is 37.2 Å². The normalized spacial score (nSPS) is 12.0. The van der Waals surface area contributed by atoms with Crippen LogP contribution in [0.5, 0.6) is 5.75 Å². The van der Waals surface area contributed by atoms with Crippen LogP contribution in [-0.4, -0.2) is 33.4 Å². The molecular weight excluding hydrogens is 471 g/mol. The third-order valence-electron chi connectivity index (χ3n) is 4.72. The van der Waals surface area contributed by atoms with E-state index in [9.17, 15) is 22.4 Å². The molecule has 1 atom stereocenters. The van der Waals surface area contributed by atoms with E-state index in [2.05, 4.69) is 10.6 Å². The molecule has 0 spiro atoms. The molecule has 3 aromatic rings. The molecule has 3 aromatic carbocycles. The summed E-state index contributed by atoms with van der Waals surface area (Å²) in [7, 11) is 2.69. The molecule has 33 heavy (non-hydrogen) atoms. The summed E-state index contributed by atoms with van der Waals surface area (Å²) in [6.07, 6.45) is 0.177. The number of rotatable bonds is 8. The SMILES string of the molecule is COc1cc(S(=O)(=O)Cl)ccc1NC(=O)C(Cc1ccccc1)NC(=O)c1ccc(F)cc1. The molecule has 0 saturated carbocycles. The average molecular weight is 491 g/mol. The van der Waals surface area contributed by atoms with Gasteiger partial charge in [0.1, 0.15) is 17.6 Å². The van der Waals surface area contributed by atoms with Gasteiger partial charge < -0.3 is 15.4 Å². The zero-order valence-electron chi connectivity index (χ0n) is 17.4. The third-order valence-corrected chi connectivity index (χ3v) is 6.07. The Labute approximate surface area is 195 Å². The van der Waals surface area contributed by atoms with Gasteiger partial charge >= 0.3 is 0 Å². The minimum Gasteiger partial charge on any atom is -0.495 e. The highest BCUT2D eigenvalue weighted by molar-refractivity contribution is 8.13. The molecule has 0 aliphatic heterocycles. The number of ether oxygens (including phenoxy) is 1. The molecule has 0 heterocycles. The van der Waals surface area contributed by atoms with Gasteiger partial charge in [0.25, 0.3) is 15.0 Å². The molecule has 0 fully saturated rings. The lowest BCUT2D eigenvalue weighted by atomic mass is 10.0. The second-order valence-corrected chi connectivity index (χ2v) is 9.58. The van der Waals surface area contributed by atoms with Crippen LogP contribution in [0, 0.1) is 5.82 Å². The van der Waals surface area contributed by atoms with Crippen molar-refractivity contribution in [3.05, 3.63) is 89.7 Å². The Bertz CT molecular complexity index is 1250. The number of nitrogens with one attached hydrogen (secondary N) is 2. The Morgan fingerprint density at radius 3 is 2.30 bits per heavy atom. The fourth-order valence-electron chi connectivity index (χ4n) is 3.05. The van der Waals surface area contributed by atoms with Gasteiger partial charge in [-0.2, -0.15) is 0 Å². The van der Waals surface area contributed by atoms with E-state index in [1.807, 2.05) is 18.2 Å². The molecule has 2 N–H and O–H groups in total. The number of hydrogen-bond acceptors (Lipinski definition) is 5. The van der Waals surface area contributed by atoms with E-state index in [4.69, 9.17) is 15.4 Å². The van der Waals surface area contributed by atoms with Crippen molar-refractivity contribution in [2.24, 2.45) is 0 Å². The molecule has 0 aliphatic carbocycles. The lowest BCUT2D eigenvalue weighted by Crippen LogP contribution is -2.45. The highest BCUT2D eigenvalue weighted by atomic mass is 35.7. The topological polar surface area (TPSA) is 102 Å². The fourth-order valence-corrected chi connectivity index (χ4v) is 3.81. The Balaban J connectivity index is 1.85. The number of hydrogen-bond donors (Lipinski definition) is 2. The summed E-state index contributed by atoms with van der Waals surface area (Å²) in [5.74, 6) is -1.52. The van der Waals surface area contributed by atoms with Gasteiger partial charge in [-0.25, -0.2) is 12.8 Å². The number of benzene rings is 3. The monoisotopic (exact) mass is 490 g/mol. The Hall–Kier alpha value is -3.43. The first-order valence-electron chi connectivity index (χ1n) is 9.71. The summed E-state index contributed by atoms with van der Waals surface area (Å²) in [6.45, 7) is 0. The summed E-state index contributed by atoms with van der Waals surface area (Å²) < 4.78 is 41.5. The Morgan fingerprint density at radius 2 is 1.70 bits per heavy atom. The van der Waals surface area contributed by atoms with Crippen molar-refractivity contribution in [2.45, 2.75) is 17.4 Å². The first kappa shape index (κ1) is 24.2. The summed E-state index contributed by atoms with van der Waals surface area (Å²) in [5.41, 5.74) is 1.18. The number of methoxy groups -OCH3 is 1. The molecule has 1 unspecified atom stereocenters. The van der Waals surface area contributed by atoms with Crippen molar-refractivity contribution < 1.29 is 27.1 Å². The highest BCUT2D eigenvalue weighted by Crippen LogP contribution is 2.29. The largest absolute Gasteiger partial charge is 0.495 e. The van der Waals surface area contributed by atoms with Crippen molar-refractivity contribution in [3.63, 3.8) is 0 Å². The van der Waals surface area contributed by atoms with Crippen LogP contribution >= 0.6 is 10.7 Å². The molecule has 0 saturated heterocycles. The lowest BCUT2D eigenvalue weighted by Gasteiger charge is -2.20. The van der Waals surface area contributed by atoms with Crippen molar-refractivity contribution in [1.29, 1.82) is 0 Å². The van der Waals surface area contributed by atoms with Crippen LogP contribution in [0.3, 0.4) is 0 Å². The van der Waals surface area contributed by atoms with E-state index in [-0.39, 0.29) is 28.3 Å². The highest BCUT2D eigenvalue weighted by Gasteiger charge is 2.24. The van der Waals surface area contributed by atoms with E-state index in [0.717, 1.165) is 17.7 Å². The number of carbonyl (C=O) groups excluding carboxylic acids is 2. The number of halogens is 2. The standard InChI is InChI=1S/C23H20ClFN2O5S/c1-32-21-14-18(33(24,30)31)11-12-19(21)26-23(29)20(13-15-5-3-2-4-6-15)27-22(28)16-7-9-17(25)10-8-16/h2-12,14,20H,13H2,1H3,(H,26,29)(H,27,28). The molecule has 2 amide bonds. The van der Waals surface area contributed by atoms with Crippen molar-refractivity contribution in [1.82, 2.24) is 5.32 Å². The summed E-state index contributed by atoms with van der Waals surface area (Å²) >= 11 is 0. The quantitative estimate of drug-likeness (QED) is 0.468. The molecular formula is C23H20ClFN2O5S. The molecule has 3 rings (SSSR count). The maximum atomic E-state index is 13.2. The van der Waals surface area contributed by atoms with Crippen molar-refractivity contribution in [2.75, 3.05) is 12.4 Å². The van der Waals surface area contributed by atoms with Crippen molar-refractivity contribution in [3.8, 4) is 5.75 Å². The summed E-state index contributed by atoms with van der Waals surface area (Å²) in [6, 6.07) is 16.7. The minimum atomic E-state index is -3.99. The predicted molar refractivity (Wildman–Crippen MR) is 122 cm³/mol. The Kier molecular flexibility index (Phi) is 7.67. The zero-order chi connectivity index (χ0) is 24.0. The second kappa shape index (κ2) is 10.5. The van der Waals surface area contributed by atoms with Gasteiger partial charge in [-0.1, -0.05) is 30.3 Å². The van der Waals surface area contributed by atoms with E-state index in [0.29, 0.717) is 0 Å². The van der Waals surface area contributed by atoms with E-state index in [1.54, 1.807) is 12.1 Å². The predicted octanol–water partition coefficient (Wildman–Crippen LogP) is 3.74. The van der Waals surface area contributed by atoms with Crippen LogP contribution in [0.1, 0.15) is 15.9 Å². The maximum absolute atomic E-state index is 13.2. The number of carbonyl (C=O) groups is 2. The van der Waals surface area contributed by atoms with Crippen LogP contribution in [0.4, 0.5) is 10.1 Å². The van der Waals surface area contributed by atoms with Gasteiger partial charge in [0.15, 0.2) is 0 Å². The molecule has 0 bridgehead atoms. The van der Waals surface area contributed by atoms with E-state index < -0.39 is 32.7 Å². The molecule has 0 aromatic heterocycles. The van der Waals surface area contributed by atoms with Crippen LogP contribution in [-0.2, 0) is 20.3 Å². The summed E-state index contributed by atoms with van der Waals surface area (Å²) in [4.78, 5) is 25.6. The first-order chi connectivity index (χ1) is 15.7. The van der Waals surface area contributed by atoms with Crippen LogP contribution in [0.2, 0.25) is 0 Å². The van der Waals surface area contributed by atoms with E-state index in [1.165, 1.54) is 37.4 Å². The van der Waals surface area contributed by atoms with Gasteiger partial charge in [-0.3, -0.25) is 9.59 Å². The van der Waals surface area contributed by atoms with Crippen LogP contribution in [0.15, 0.2) is 77.7 Å². The zero-order valence-corrected chi connectivity index (χ0v) is 19.0. The van der Waals surface area contributed by atoms with Gasteiger partial charge in [0.05, 0.1) is 17.7 Å². The summed E-state index contributed by atoms with van der Waals surface area (Å²) in [5, 5.41) is 5.31. The van der Waals surface area contributed by atoms with Crippen LogP contribution in [0.25, 0.3) is 0 Å². The molecule has 0 aliphatic rings. The molecule has 0 radical (unpaired) electrons. The maximum Gasteiger partial charge on any atom is 0.261 e. The minimum absolute atomic E-state index is 0.0772. The fraction of sp³-hybridized carbons (Fsp3) is 0.130. The smallest absolute Gasteiger partial charge is 0.261 e.